The SMILES string of the molecule is CCC(F)=CC=CC(CC)Cc1cccc(C)c1C. The van der Waals surface area contributed by atoms with Crippen LogP contribution in [0.3, 0.4) is 0 Å². The molecule has 0 aliphatic carbocycles. The number of hydrogen-bond acceptors (Lipinski definition) is 0. The second-order valence-corrected chi connectivity index (χ2v) is 5.08. The van der Waals surface area contributed by atoms with Gasteiger partial charge in [-0.05, 0) is 61.8 Å². The lowest BCUT2D eigenvalue weighted by molar-refractivity contribution is 0.602. The molecule has 1 rings (SSSR count). The molecule has 1 unspecified atom stereocenters. The van der Waals surface area contributed by atoms with Crippen LogP contribution in [-0.4, -0.2) is 0 Å². The fourth-order valence-electron chi connectivity index (χ4n) is 2.10. The third-order valence-corrected chi connectivity index (χ3v) is 3.72. The van der Waals surface area contributed by atoms with Crippen LogP contribution in [0, 0.1) is 19.8 Å². The molecular weight excluding hydrogens is 235 g/mol. The van der Waals surface area contributed by atoms with Gasteiger partial charge in [-0.3, -0.25) is 0 Å². The minimum absolute atomic E-state index is 0.0576. The molecule has 0 saturated carbocycles. The van der Waals surface area contributed by atoms with Crippen LogP contribution in [0.4, 0.5) is 4.39 Å². The smallest absolute Gasteiger partial charge is 0.0996 e. The highest BCUT2D eigenvalue weighted by molar-refractivity contribution is 5.33. The van der Waals surface area contributed by atoms with E-state index in [0.29, 0.717) is 12.3 Å². The van der Waals surface area contributed by atoms with Crippen LogP contribution in [-0.2, 0) is 6.42 Å². The molecule has 1 aromatic rings. The lowest BCUT2D eigenvalue weighted by Gasteiger charge is -2.13. The summed E-state index contributed by atoms with van der Waals surface area (Å²) in [5.41, 5.74) is 4.12. The van der Waals surface area contributed by atoms with Gasteiger partial charge in [-0.15, -0.1) is 0 Å². The molecule has 0 saturated heterocycles. The largest absolute Gasteiger partial charge is 0.212 e. The summed E-state index contributed by atoms with van der Waals surface area (Å²) in [7, 11) is 0. The summed E-state index contributed by atoms with van der Waals surface area (Å²) in [5, 5.41) is 0. The highest BCUT2D eigenvalue weighted by Crippen LogP contribution is 2.19. The molecule has 0 fully saturated rings. The van der Waals surface area contributed by atoms with E-state index in [2.05, 4.69) is 45.0 Å². The van der Waals surface area contributed by atoms with Crippen molar-refractivity contribution < 1.29 is 4.39 Å². The minimum Gasteiger partial charge on any atom is -0.212 e. The van der Waals surface area contributed by atoms with Crippen molar-refractivity contribution in [2.45, 2.75) is 47.0 Å². The Hall–Kier alpha value is -1.37. The molecule has 1 aromatic carbocycles. The Balaban J connectivity index is 2.74. The summed E-state index contributed by atoms with van der Waals surface area (Å²) in [5.74, 6) is 0.416. The zero-order valence-corrected chi connectivity index (χ0v) is 12.5. The molecule has 0 N–H and O–H groups in total. The van der Waals surface area contributed by atoms with Crippen LogP contribution in [0.1, 0.15) is 43.4 Å². The summed E-state index contributed by atoms with van der Waals surface area (Å²) in [6.07, 6.45) is 8.13. The molecule has 0 spiro atoms. The normalized spacial score (nSPS) is 14.1. The fourth-order valence-corrected chi connectivity index (χ4v) is 2.10. The van der Waals surface area contributed by atoms with E-state index in [1.807, 2.05) is 13.0 Å². The molecule has 104 valence electrons. The average Bonchev–Trinajstić information content (AvgIpc) is 2.42. The van der Waals surface area contributed by atoms with Gasteiger partial charge in [-0.25, -0.2) is 4.39 Å². The van der Waals surface area contributed by atoms with Gasteiger partial charge in [0.15, 0.2) is 0 Å². The first-order valence-corrected chi connectivity index (χ1v) is 7.16. The first kappa shape index (κ1) is 15.7. The van der Waals surface area contributed by atoms with Gasteiger partial charge in [-0.2, -0.15) is 0 Å². The van der Waals surface area contributed by atoms with E-state index in [0.717, 1.165) is 12.8 Å². The standard InChI is InChI=1S/C18H25F/c1-5-16(10-8-12-18(19)6-2)13-17-11-7-9-14(3)15(17)4/h7-12,16H,5-6,13H2,1-4H3. The molecular formula is C18H25F. The Labute approximate surface area is 117 Å². The van der Waals surface area contributed by atoms with Crippen molar-refractivity contribution >= 4 is 0 Å². The number of benzene rings is 1. The predicted octanol–water partition coefficient (Wildman–Crippen LogP) is 5.69. The third-order valence-electron chi connectivity index (χ3n) is 3.72. The maximum absolute atomic E-state index is 13.0. The Morgan fingerprint density at radius 1 is 1.26 bits per heavy atom. The first-order valence-electron chi connectivity index (χ1n) is 7.16. The first-order chi connectivity index (χ1) is 9.08. The monoisotopic (exact) mass is 260 g/mol. The second-order valence-electron chi connectivity index (χ2n) is 5.08. The van der Waals surface area contributed by atoms with E-state index >= 15 is 0 Å². The van der Waals surface area contributed by atoms with Crippen molar-refractivity contribution in [3.63, 3.8) is 0 Å². The molecule has 0 nitrogen and oxygen atoms in total. The maximum Gasteiger partial charge on any atom is 0.0996 e. The molecule has 0 aliphatic heterocycles. The van der Waals surface area contributed by atoms with Gasteiger partial charge in [0.1, 0.15) is 0 Å². The number of aryl methyl sites for hydroxylation is 1. The molecule has 0 amide bonds. The number of rotatable bonds is 6. The Morgan fingerprint density at radius 2 is 2.00 bits per heavy atom. The van der Waals surface area contributed by atoms with Crippen molar-refractivity contribution in [1.29, 1.82) is 0 Å². The van der Waals surface area contributed by atoms with Crippen molar-refractivity contribution in [1.82, 2.24) is 0 Å². The fraction of sp³-hybridized carbons (Fsp3) is 0.444. The van der Waals surface area contributed by atoms with E-state index in [9.17, 15) is 4.39 Å². The van der Waals surface area contributed by atoms with E-state index in [1.54, 1.807) is 6.08 Å². The number of hydrogen-bond donors (Lipinski definition) is 0. The summed E-state index contributed by atoms with van der Waals surface area (Å²) in [6.45, 7) is 8.33. The summed E-state index contributed by atoms with van der Waals surface area (Å²) >= 11 is 0. The molecule has 0 aliphatic rings. The average molecular weight is 260 g/mol. The van der Waals surface area contributed by atoms with Crippen LogP contribution in [0.2, 0.25) is 0 Å². The zero-order chi connectivity index (χ0) is 14.3. The van der Waals surface area contributed by atoms with Crippen LogP contribution < -0.4 is 0 Å². The summed E-state index contributed by atoms with van der Waals surface area (Å²) in [6, 6.07) is 6.46. The van der Waals surface area contributed by atoms with Crippen molar-refractivity contribution in [2.75, 3.05) is 0 Å². The van der Waals surface area contributed by atoms with Crippen LogP contribution in [0.5, 0.6) is 0 Å². The summed E-state index contributed by atoms with van der Waals surface area (Å²) < 4.78 is 13.0. The number of allylic oxidation sites excluding steroid dienone is 4. The van der Waals surface area contributed by atoms with E-state index < -0.39 is 0 Å². The van der Waals surface area contributed by atoms with Gasteiger partial charge in [0.05, 0.1) is 5.83 Å². The van der Waals surface area contributed by atoms with Crippen LogP contribution in [0.15, 0.2) is 42.3 Å². The lowest BCUT2D eigenvalue weighted by atomic mass is 9.92. The topological polar surface area (TPSA) is 0 Å². The Morgan fingerprint density at radius 3 is 2.63 bits per heavy atom. The van der Waals surface area contributed by atoms with Crippen molar-refractivity contribution in [3.05, 3.63) is 58.9 Å². The highest BCUT2D eigenvalue weighted by Gasteiger charge is 2.06. The van der Waals surface area contributed by atoms with Gasteiger partial charge in [0.25, 0.3) is 0 Å². The summed E-state index contributed by atoms with van der Waals surface area (Å²) in [4.78, 5) is 0. The van der Waals surface area contributed by atoms with Crippen LogP contribution in [0.25, 0.3) is 0 Å². The molecule has 19 heavy (non-hydrogen) atoms. The second kappa shape index (κ2) is 7.93. The maximum atomic E-state index is 13.0. The number of halogens is 1. The van der Waals surface area contributed by atoms with E-state index in [4.69, 9.17) is 0 Å². The Kier molecular flexibility index (Phi) is 6.55. The predicted molar refractivity (Wildman–Crippen MR) is 82.0 cm³/mol. The van der Waals surface area contributed by atoms with Crippen LogP contribution >= 0.6 is 0 Å². The molecule has 0 heterocycles. The van der Waals surface area contributed by atoms with E-state index in [1.165, 1.54) is 16.7 Å². The van der Waals surface area contributed by atoms with Crippen molar-refractivity contribution in [3.8, 4) is 0 Å². The van der Waals surface area contributed by atoms with Gasteiger partial charge < -0.3 is 0 Å². The molecule has 0 bridgehead atoms. The van der Waals surface area contributed by atoms with Crippen molar-refractivity contribution in [2.24, 2.45) is 5.92 Å². The van der Waals surface area contributed by atoms with Gasteiger partial charge in [0.2, 0.25) is 0 Å². The quantitative estimate of drug-likeness (QED) is 0.576. The van der Waals surface area contributed by atoms with Gasteiger partial charge >= 0.3 is 0 Å². The Bertz CT molecular complexity index is 455. The lowest BCUT2D eigenvalue weighted by Crippen LogP contribution is -2.02. The van der Waals surface area contributed by atoms with Gasteiger partial charge in [0, 0.05) is 0 Å². The molecule has 0 aromatic heterocycles. The molecule has 0 radical (unpaired) electrons. The third kappa shape index (κ3) is 5.02. The zero-order valence-electron chi connectivity index (χ0n) is 12.5. The van der Waals surface area contributed by atoms with Gasteiger partial charge in [-0.1, -0.05) is 44.2 Å². The highest BCUT2D eigenvalue weighted by atomic mass is 19.1. The molecule has 1 heteroatoms. The molecule has 1 atom stereocenters. The van der Waals surface area contributed by atoms with E-state index in [-0.39, 0.29) is 5.83 Å². The minimum atomic E-state index is -0.0576.